The smallest absolute Gasteiger partial charge is 0.333 e. The van der Waals surface area contributed by atoms with Gasteiger partial charge in [-0.2, -0.15) is 9.97 Å². The molecular weight excluding hydrogens is 618 g/mol. The van der Waals surface area contributed by atoms with Gasteiger partial charge in [0.2, 0.25) is 18.4 Å². The number of aromatic nitrogens is 4. The van der Waals surface area contributed by atoms with E-state index in [1.54, 1.807) is 30.3 Å². The highest BCUT2D eigenvalue weighted by molar-refractivity contribution is 5.81. The Bertz CT molecular complexity index is 1890. The van der Waals surface area contributed by atoms with Gasteiger partial charge in [-0.3, -0.25) is 0 Å². The van der Waals surface area contributed by atoms with E-state index in [0.717, 1.165) is 18.2 Å². The molecule has 47 heavy (non-hydrogen) atoms. The summed E-state index contributed by atoms with van der Waals surface area (Å²) in [7, 11) is 0. The molecule has 0 amide bonds. The largest absolute Gasteiger partial charge is 0.493 e. The molecule has 0 saturated heterocycles. The Hall–Kier alpha value is -6.18. The van der Waals surface area contributed by atoms with Crippen LogP contribution in [-0.4, -0.2) is 52.2 Å². The van der Waals surface area contributed by atoms with Gasteiger partial charge in [-0.15, -0.1) is 0 Å². The van der Waals surface area contributed by atoms with Crippen molar-refractivity contribution < 1.29 is 46.4 Å². The highest BCUT2D eigenvalue weighted by Crippen LogP contribution is 2.30. The molecule has 0 bridgehead atoms. The highest BCUT2D eigenvalue weighted by Gasteiger charge is 2.18. The molecule has 0 N–H and O–H groups in total. The van der Waals surface area contributed by atoms with Crippen molar-refractivity contribution in [3.05, 3.63) is 97.6 Å². The zero-order chi connectivity index (χ0) is 33.2. The van der Waals surface area contributed by atoms with Gasteiger partial charge in [-0.05, 0) is 61.4 Å². The van der Waals surface area contributed by atoms with Crippen LogP contribution in [-0.2, 0) is 19.1 Å². The zero-order valence-corrected chi connectivity index (χ0v) is 24.7. The van der Waals surface area contributed by atoms with E-state index in [9.17, 15) is 18.4 Å². The third-order valence-corrected chi connectivity index (χ3v) is 6.41. The van der Waals surface area contributed by atoms with Crippen LogP contribution >= 0.6 is 0 Å². The van der Waals surface area contributed by atoms with E-state index in [2.05, 4.69) is 33.4 Å². The number of carbonyl (C=O) groups excluding carboxylic acids is 2. The highest BCUT2D eigenvalue weighted by atomic mass is 19.1. The molecule has 0 aliphatic carbocycles. The fourth-order valence-corrected chi connectivity index (χ4v) is 4.03. The molecule has 0 fully saturated rings. The van der Waals surface area contributed by atoms with E-state index in [4.69, 9.17) is 28.0 Å². The molecule has 5 aromatic rings. The van der Waals surface area contributed by atoms with E-state index < -0.39 is 30.4 Å². The first kappa shape index (κ1) is 32.2. The maximum absolute atomic E-state index is 14.9. The summed E-state index contributed by atoms with van der Waals surface area (Å²) in [5.41, 5.74) is 1.28. The molecule has 5 rings (SSSR count). The van der Waals surface area contributed by atoms with Gasteiger partial charge in [0, 0.05) is 35.4 Å². The zero-order valence-electron chi connectivity index (χ0n) is 24.7. The lowest BCUT2D eigenvalue weighted by Crippen LogP contribution is -2.07. The number of rotatable bonds is 15. The Labute approximate surface area is 266 Å². The average molecular weight is 645 g/mol. The van der Waals surface area contributed by atoms with E-state index in [-0.39, 0.29) is 46.9 Å². The van der Waals surface area contributed by atoms with E-state index in [1.165, 1.54) is 24.3 Å². The second kappa shape index (κ2) is 15.2. The lowest BCUT2D eigenvalue weighted by Gasteiger charge is -2.07. The maximum Gasteiger partial charge on any atom is 0.333 e. The predicted octanol–water partition coefficient (Wildman–Crippen LogP) is 6.35. The monoisotopic (exact) mass is 644 g/mol. The lowest BCUT2D eigenvalue weighted by molar-refractivity contribution is -0.144. The molecule has 14 heteroatoms. The number of hydrogen-bond donors (Lipinski definition) is 0. The summed E-state index contributed by atoms with van der Waals surface area (Å²) in [4.78, 5) is 30.7. The van der Waals surface area contributed by atoms with Crippen molar-refractivity contribution in [3.63, 3.8) is 0 Å². The third-order valence-electron chi connectivity index (χ3n) is 6.41. The molecule has 0 radical (unpaired) electrons. The van der Waals surface area contributed by atoms with Gasteiger partial charge < -0.3 is 28.0 Å². The Morgan fingerprint density at radius 2 is 1.17 bits per heavy atom. The van der Waals surface area contributed by atoms with Crippen molar-refractivity contribution in [2.75, 3.05) is 20.0 Å². The van der Waals surface area contributed by atoms with Crippen molar-refractivity contribution in [2.45, 2.75) is 12.8 Å². The van der Waals surface area contributed by atoms with Crippen molar-refractivity contribution in [1.82, 2.24) is 20.3 Å². The fourth-order valence-electron chi connectivity index (χ4n) is 4.03. The number of carbonyl (C=O) groups is 2. The number of ether oxygens (including phenoxy) is 4. The van der Waals surface area contributed by atoms with Crippen molar-refractivity contribution in [2.24, 2.45) is 0 Å². The summed E-state index contributed by atoms with van der Waals surface area (Å²) in [6.45, 7) is 6.76. The van der Waals surface area contributed by atoms with Crippen LogP contribution in [0.1, 0.15) is 12.8 Å². The second-order valence-electron chi connectivity index (χ2n) is 9.56. The van der Waals surface area contributed by atoms with Gasteiger partial charge in [0.25, 0.3) is 11.8 Å². The van der Waals surface area contributed by atoms with Gasteiger partial charge in [0.1, 0.15) is 23.1 Å². The summed E-state index contributed by atoms with van der Waals surface area (Å²) >= 11 is 0. The normalized spacial score (nSPS) is 10.7. The van der Waals surface area contributed by atoms with Crippen LogP contribution < -0.4 is 9.47 Å². The standard InChI is InChI=1S/C33H26F2N4O8/c1-3-28(40)43-16-6-5-15-42-22-11-13-24(26(34)17-22)30-36-32(46-38-30)20-7-9-21(10-8-20)33-37-31(39-47-33)25-14-12-23(18-27(25)35)44-19-45-29(41)4-2/h3-4,7-14,17-18H,1-2,5-6,15-16,19H2. The Balaban J connectivity index is 1.18. The first-order chi connectivity index (χ1) is 22.8. The summed E-state index contributed by atoms with van der Waals surface area (Å²) in [5.74, 6) is -1.61. The SMILES string of the molecule is C=CC(=O)OCCCCOc1ccc(-c2noc(-c3ccc(-c4nc(-c5ccc(OCOC(=O)C=C)cc5F)no4)cc3)n2)c(F)c1. The van der Waals surface area contributed by atoms with Crippen molar-refractivity contribution in [3.8, 4) is 57.2 Å². The molecule has 240 valence electrons. The van der Waals surface area contributed by atoms with Crippen LogP contribution in [0.4, 0.5) is 8.78 Å². The summed E-state index contributed by atoms with van der Waals surface area (Å²) in [6, 6.07) is 15.0. The minimum absolute atomic E-state index is 0.0118. The number of halogens is 2. The van der Waals surface area contributed by atoms with E-state index >= 15 is 0 Å². The summed E-state index contributed by atoms with van der Waals surface area (Å²) in [5, 5.41) is 7.77. The van der Waals surface area contributed by atoms with Crippen molar-refractivity contribution >= 4 is 11.9 Å². The molecule has 0 saturated carbocycles. The Kier molecular flexibility index (Phi) is 10.4. The molecule has 0 unspecified atom stereocenters. The van der Waals surface area contributed by atoms with Crippen LogP contribution in [0.3, 0.4) is 0 Å². The average Bonchev–Trinajstić information content (AvgIpc) is 3.77. The molecule has 0 aliphatic heterocycles. The first-order valence-corrected chi connectivity index (χ1v) is 14.1. The van der Waals surface area contributed by atoms with Crippen LogP contribution in [0.15, 0.2) is 95.0 Å². The van der Waals surface area contributed by atoms with Gasteiger partial charge in [0.15, 0.2) is 0 Å². The molecule has 12 nitrogen and oxygen atoms in total. The second-order valence-corrected chi connectivity index (χ2v) is 9.56. The quantitative estimate of drug-likeness (QED) is 0.0541. The molecule has 0 aliphatic rings. The molecule has 2 heterocycles. The number of unbranched alkanes of at least 4 members (excludes halogenated alkanes) is 1. The van der Waals surface area contributed by atoms with Gasteiger partial charge in [-0.25, -0.2) is 18.4 Å². The Morgan fingerprint density at radius 3 is 1.68 bits per heavy atom. The maximum atomic E-state index is 14.9. The fraction of sp³-hybridized carbons (Fsp3) is 0.152. The minimum atomic E-state index is -0.674. The van der Waals surface area contributed by atoms with Crippen LogP contribution in [0.2, 0.25) is 0 Å². The van der Waals surface area contributed by atoms with Crippen LogP contribution in [0.5, 0.6) is 11.5 Å². The number of benzene rings is 3. The van der Waals surface area contributed by atoms with Gasteiger partial charge in [-0.1, -0.05) is 23.5 Å². The number of nitrogens with zero attached hydrogens (tertiary/aromatic N) is 4. The van der Waals surface area contributed by atoms with Gasteiger partial charge in [0.05, 0.1) is 24.3 Å². The summed E-state index contributed by atoms with van der Waals surface area (Å²) in [6.07, 6.45) is 3.28. The number of hydrogen-bond acceptors (Lipinski definition) is 12. The lowest BCUT2D eigenvalue weighted by atomic mass is 10.1. The Morgan fingerprint density at radius 1 is 0.681 bits per heavy atom. The molecule has 2 aromatic heterocycles. The van der Waals surface area contributed by atoms with Crippen LogP contribution in [0.25, 0.3) is 45.7 Å². The van der Waals surface area contributed by atoms with Crippen molar-refractivity contribution in [1.29, 1.82) is 0 Å². The molecule has 0 atom stereocenters. The number of esters is 2. The molecular formula is C33H26F2N4O8. The third kappa shape index (κ3) is 8.30. The topological polar surface area (TPSA) is 149 Å². The first-order valence-electron chi connectivity index (χ1n) is 14.1. The summed E-state index contributed by atoms with van der Waals surface area (Å²) < 4.78 is 60.6. The minimum Gasteiger partial charge on any atom is -0.493 e. The van der Waals surface area contributed by atoms with Gasteiger partial charge >= 0.3 is 11.9 Å². The predicted molar refractivity (Wildman–Crippen MR) is 161 cm³/mol. The van der Waals surface area contributed by atoms with E-state index in [0.29, 0.717) is 36.3 Å². The van der Waals surface area contributed by atoms with E-state index in [1.807, 2.05) is 0 Å². The molecule has 0 spiro atoms. The molecule has 3 aromatic carbocycles. The van der Waals surface area contributed by atoms with Crippen LogP contribution in [0, 0.1) is 11.6 Å².